The van der Waals surface area contributed by atoms with Crippen LogP contribution < -0.4 is 0 Å². The van der Waals surface area contributed by atoms with E-state index in [1.807, 2.05) is 45.0 Å². The number of alkyl halides is 1. The molecule has 0 aliphatic heterocycles. The lowest BCUT2D eigenvalue weighted by Crippen LogP contribution is -2.22. The van der Waals surface area contributed by atoms with Gasteiger partial charge in [0.25, 0.3) is 0 Å². The van der Waals surface area contributed by atoms with Crippen molar-refractivity contribution in [3.05, 3.63) is 34.9 Å². The summed E-state index contributed by atoms with van der Waals surface area (Å²) in [5, 5.41) is 0.760. The lowest BCUT2D eigenvalue weighted by atomic mass is 10.1. The Bertz CT molecular complexity index is 363. The van der Waals surface area contributed by atoms with Crippen molar-refractivity contribution in [3.8, 4) is 0 Å². The highest BCUT2D eigenvalue weighted by molar-refractivity contribution is 14.1. The summed E-state index contributed by atoms with van der Waals surface area (Å²) in [7, 11) is 0. The fraction of sp³-hybridized carbons (Fsp3) is 0.571. The first-order chi connectivity index (χ1) is 8.44. The van der Waals surface area contributed by atoms with Crippen molar-refractivity contribution in [3.63, 3.8) is 0 Å². The van der Waals surface area contributed by atoms with Gasteiger partial charge in [-0.15, -0.1) is 0 Å². The number of halogens is 2. The zero-order valence-electron chi connectivity index (χ0n) is 11.1. The van der Waals surface area contributed by atoms with E-state index < -0.39 is 0 Å². The van der Waals surface area contributed by atoms with Gasteiger partial charge >= 0.3 is 0 Å². The summed E-state index contributed by atoms with van der Waals surface area (Å²) >= 11 is 8.48. The molecule has 1 aromatic carbocycles. The molecule has 0 saturated carbocycles. The summed E-state index contributed by atoms with van der Waals surface area (Å²) in [5.41, 5.74) is 0.928. The molecule has 0 aliphatic carbocycles. The molecular formula is C14H20ClIO2. The lowest BCUT2D eigenvalue weighted by Gasteiger charge is -2.21. The van der Waals surface area contributed by atoms with Crippen LogP contribution in [-0.2, 0) is 9.47 Å². The van der Waals surface area contributed by atoms with Crippen LogP contribution in [0.1, 0.15) is 32.4 Å². The van der Waals surface area contributed by atoms with E-state index in [9.17, 15) is 0 Å². The quantitative estimate of drug-likeness (QED) is 0.405. The fourth-order valence-electron chi connectivity index (χ4n) is 1.49. The fourth-order valence-corrected chi connectivity index (χ4v) is 2.48. The summed E-state index contributed by atoms with van der Waals surface area (Å²) in [6.45, 7) is 7.29. The van der Waals surface area contributed by atoms with Crippen molar-refractivity contribution in [1.29, 1.82) is 0 Å². The number of ether oxygens (including phenoxy) is 2. The first-order valence-electron chi connectivity index (χ1n) is 6.00. The second kappa shape index (κ2) is 7.68. The molecule has 0 spiro atoms. The standard InChI is InChI=1S/C14H20ClIO2/c1-14(2,3)18-9-8-17-13(10-16)11-6-4-5-7-12(11)15/h4-7,13H,8-10H2,1-3H3. The molecule has 0 aliphatic rings. The molecule has 0 radical (unpaired) electrons. The molecule has 1 aromatic rings. The van der Waals surface area contributed by atoms with Gasteiger partial charge in [0.15, 0.2) is 0 Å². The van der Waals surface area contributed by atoms with Crippen LogP contribution in [0.4, 0.5) is 0 Å². The SMILES string of the molecule is CC(C)(C)OCCOC(CI)c1ccccc1Cl. The molecule has 1 unspecified atom stereocenters. The molecule has 0 amide bonds. The molecule has 1 rings (SSSR count). The molecular weight excluding hydrogens is 363 g/mol. The van der Waals surface area contributed by atoms with E-state index in [2.05, 4.69) is 22.6 Å². The molecule has 0 fully saturated rings. The van der Waals surface area contributed by atoms with Crippen molar-refractivity contribution >= 4 is 34.2 Å². The molecule has 2 nitrogen and oxygen atoms in total. The minimum Gasteiger partial charge on any atom is -0.373 e. The highest BCUT2D eigenvalue weighted by Gasteiger charge is 2.14. The summed E-state index contributed by atoms with van der Waals surface area (Å²) < 4.78 is 12.3. The van der Waals surface area contributed by atoms with Gasteiger partial charge in [0.1, 0.15) is 0 Å². The Kier molecular flexibility index (Phi) is 6.92. The largest absolute Gasteiger partial charge is 0.373 e. The van der Waals surface area contributed by atoms with Crippen LogP contribution >= 0.6 is 34.2 Å². The van der Waals surface area contributed by atoms with Gasteiger partial charge in [-0.1, -0.05) is 52.4 Å². The number of hydrogen-bond acceptors (Lipinski definition) is 2. The van der Waals surface area contributed by atoms with Crippen molar-refractivity contribution in [2.24, 2.45) is 0 Å². The van der Waals surface area contributed by atoms with Crippen LogP contribution in [0, 0.1) is 0 Å². The number of rotatable bonds is 6. The van der Waals surface area contributed by atoms with Gasteiger partial charge < -0.3 is 9.47 Å². The van der Waals surface area contributed by atoms with E-state index >= 15 is 0 Å². The molecule has 4 heteroatoms. The third-order valence-corrected chi connectivity index (χ3v) is 3.47. The predicted molar refractivity (Wildman–Crippen MR) is 84.7 cm³/mol. The smallest absolute Gasteiger partial charge is 0.0929 e. The molecule has 0 bridgehead atoms. The zero-order valence-corrected chi connectivity index (χ0v) is 14.0. The van der Waals surface area contributed by atoms with Gasteiger partial charge in [0.05, 0.1) is 24.9 Å². The molecule has 0 heterocycles. The Morgan fingerprint density at radius 1 is 1.22 bits per heavy atom. The van der Waals surface area contributed by atoms with Crippen LogP contribution in [0.25, 0.3) is 0 Å². The number of benzene rings is 1. The van der Waals surface area contributed by atoms with Gasteiger partial charge in [-0.05, 0) is 26.8 Å². The van der Waals surface area contributed by atoms with Crippen molar-refractivity contribution in [2.75, 3.05) is 17.6 Å². The van der Waals surface area contributed by atoms with Gasteiger partial charge in [0.2, 0.25) is 0 Å². The first kappa shape index (κ1) is 16.2. The maximum Gasteiger partial charge on any atom is 0.0929 e. The predicted octanol–water partition coefficient (Wildman–Crippen LogP) is 4.65. The Morgan fingerprint density at radius 3 is 2.44 bits per heavy atom. The van der Waals surface area contributed by atoms with Crippen molar-refractivity contribution < 1.29 is 9.47 Å². The average Bonchev–Trinajstić information content (AvgIpc) is 2.29. The molecule has 0 saturated heterocycles. The second-order valence-corrected chi connectivity index (χ2v) is 6.28. The average molecular weight is 383 g/mol. The summed E-state index contributed by atoms with van der Waals surface area (Å²) in [6, 6.07) is 7.82. The Labute approximate surface area is 128 Å². The van der Waals surface area contributed by atoms with E-state index in [0.717, 1.165) is 15.0 Å². The Balaban J connectivity index is 2.46. The van der Waals surface area contributed by atoms with E-state index in [4.69, 9.17) is 21.1 Å². The van der Waals surface area contributed by atoms with Crippen LogP contribution in [0.2, 0.25) is 5.02 Å². The van der Waals surface area contributed by atoms with Gasteiger partial charge in [0, 0.05) is 15.0 Å². The summed E-state index contributed by atoms with van der Waals surface area (Å²) in [4.78, 5) is 0. The van der Waals surface area contributed by atoms with E-state index in [0.29, 0.717) is 13.2 Å². The van der Waals surface area contributed by atoms with Gasteiger partial charge in [-0.25, -0.2) is 0 Å². The van der Waals surface area contributed by atoms with Crippen molar-refractivity contribution in [1.82, 2.24) is 0 Å². The minimum atomic E-state index is -0.117. The Morgan fingerprint density at radius 2 is 1.89 bits per heavy atom. The normalized spacial score (nSPS) is 13.6. The first-order valence-corrected chi connectivity index (χ1v) is 7.90. The molecule has 0 aromatic heterocycles. The highest BCUT2D eigenvalue weighted by atomic mass is 127. The monoisotopic (exact) mass is 382 g/mol. The van der Waals surface area contributed by atoms with Crippen LogP contribution in [0.15, 0.2) is 24.3 Å². The Hall–Kier alpha value is 0.160. The molecule has 102 valence electrons. The molecule has 0 N–H and O–H groups in total. The maximum atomic E-state index is 6.17. The second-order valence-electron chi connectivity index (χ2n) is 5.00. The van der Waals surface area contributed by atoms with E-state index in [1.165, 1.54) is 0 Å². The minimum absolute atomic E-state index is 0.0304. The van der Waals surface area contributed by atoms with E-state index in [1.54, 1.807) is 0 Å². The van der Waals surface area contributed by atoms with Crippen LogP contribution in [-0.4, -0.2) is 23.2 Å². The lowest BCUT2D eigenvalue weighted by molar-refractivity contribution is -0.0477. The maximum absolute atomic E-state index is 6.17. The van der Waals surface area contributed by atoms with Crippen molar-refractivity contribution in [2.45, 2.75) is 32.5 Å². The van der Waals surface area contributed by atoms with Gasteiger partial charge in [-0.3, -0.25) is 0 Å². The van der Waals surface area contributed by atoms with Crippen LogP contribution in [0.5, 0.6) is 0 Å². The topological polar surface area (TPSA) is 18.5 Å². The number of hydrogen-bond donors (Lipinski definition) is 0. The summed E-state index contributed by atoms with van der Waals surface area (Å²) in [5.74, 6) is 0. The highest BCUT2D eigenvalue weighted by Crippen LogP contribution is 2.27. The third-order valence-electron chi connectivity index (χ3n) is 2.33. The van der Waals surface area contributed by atoms with Crippen LogP contribution in [0.3, 0.4) is 0 Å². The van der Waals surface area contributed by atoms with E-state index in [-0.39, 0.29) is 11.7 Å². The third kappa shape index (κ3) is 5.87. The molecule has 1 atom stereocenters. The zero-order chi connectivity index (χ0) is 13.6. The van der Waals surface area contributed by atoms with Gasteiger partial charge in [-0.2, -0.15) is 0 Å². The summed E-state index contributed by atoms with van der Waals surface area (Å²) in [6.07, 6.45) is 0.0304. The molecule has 18 heavy (non-hydrogen) atoms.